The smallest absolute Gasteiger partial charge is 0.236 e. The molecule has 0 spiro atoms. The Balaban J connectivity index is 2.40. The third-order valence-electron chi connectivity index (χ3n) is 6.32. The molecule has 0 aliphatic heterocycles. The van der Waals surface area contributed by atoms with Crippen molar-refractivity contribution in [2.75, 3.05) is 6.61 Å². The largest absolute Gasteiger partial charge is 0.408 e. The zero-order chi connectivity index (χ0) is 28.8. The van der Waals surface area contributed by atoms with Crippen molar-refractivity contribution in [2.24, 2.45) is 0 Å². The Hall–Kier alpha value is -1.51. The molecule has 3 nitrogen and oxygen atoms in total. The van der Waals surface area contributed by atoms with E-state index in [1.807, 2.05) is 6.08 Å². The second-order valence-electron chi connectivity index (χ2n) is 13.3. The molecule has 0 saturated carbocycles. The van der Waals surface area contributed by atoms with E-state index in [4.69, 9.17) is 8.85 Å². The highest BCUT2D eigenvalue weighted by molar-refractivity contribution is 6.32. The van der Waals surface area contributed by atoms with Crippen LogP contribution in [0.5, 0.6) is 0 Å². The second kappa shape index (κ2) is 13.2. The summed E-state index contributed by atoms with van der Waals surface area (Å²) in [6, 6.07) is 15.6. The van der Waals surface area contributed by atoms with Crippen molar-refractivity contribution in [1.29, 1.82) is 0 Å². The van der Waals surface area contributed by atoms with Gasteiger partial charge in [0.1, 0.15) is 0 Å². The molecule has 0 unspecified atom stereocenters. The standard InChI is InChI=1S/C33H50O3Si2/c1-12-26(20-21-34)27-15-13-14-24(22-27)16-17-25-18-19-28(32(8,9)35-37-30(2,3)4)29(23-25)33(10,11)36-38-31(5,6)7/h13-15,18-20,22-23,34H,12,16-17,21H2,1-11H3. The second-order valence-corrected chi connectivity index (χ2v) is 17.1. The van der Waals surface area contributed by atoms with E-state index in [0.29, 0.717) is 19.5 Å². The Morgan fingerprint density at radius 1 is 0.737 bits per heavy atom. The SMILES string of the molecule is CCC(=CCO)c1cccc(CCc2ccc(C(C)(C)O[Si]C(C)(C)C)c(C(C)(C)O[Si]C(C)(C)C)c2)c1. The van der Waals surface area contributed by atoms with Gasteiger partial charge in [-0.05, 0) is 90.4 Å². The number of hydrogen-bond acceptors (Lipinski definition) is 3. The topological polar surface area (TPSA) is 38.7 Å². The Kier molecular flexibility index (Phi) is 11.4. The summed E-state index contributed by atoms with van der Waals surface area (Å²) in [4.78, 5) is 0. The van der Waals surface area contributed by atoms with Gasteiger partial charge in [0.25, 0.3) is 0 Å². The van der Waals surface area contributed by atoms with Crippen LogP contribution in [0.15, 0.2) is 48.5 Å². The summed E-state index contributed by atoms with van der Waals surface area (Å²) in [5.74, 6) is 0. The van der Waals surface area contributed by atoms with E-state index in [9.17, 15) is 5.11 Å². The quantitative estimate of drug-likeness (QED) is 0.270. The molecule has 2 aromatic rings. The third kappa shape index (κ3) is 10.2. The lowest BCUT2D eigenvalue weighted by molar-refractivity contribution is 0.0829. The minimum absolute atomic E-state index is 0.0759. The summed E-state index contributed by atoms with van der Waals surface area (Å²) in [6.07, 6.45) is 4.73. The van der Waals surface area contributed by atoms with Crippen LogP contribution in [0.4, 0.5) is 0 Å². The van der Waals surface area contributed by atoms with Crippen LogP contribution in [0.3, 0.4) is 0 Å². The van der Waals surface area contributed by atoms with E-state index in [2.05, 4.69) is 119 Å². The molecular weight excluding hydrogens is 501 g/mol. The normalized spacial score (nSPS) is 13.7. The maximum atomic E-state index is 9.38. The molecule has 2 rings (SSSR count). The zero-order valence-corrected chi connectivity index (χ0v) is 27.7. The number of benzene rings is 2. The fraction of sp³-hybridized carbons (Fsp3) is 0.576. The van der Waals surface area contributed by atoms with Gasteiger partial charge in [0.15, 0.2) is 0 Å². The Labute approximate surface area is 238 Å². The zero-order valence-electron chi connectivity index (χ0n) is 25.7. The molecule has 0 aliphatic carbocycles. The molecule has 0 saturated heterocycles. The van der Waals surface area contributed by atoms with Crippen molar-refractivity contribution in [3.63, 3.8) is 0 Å². The molecule has 0 fully saturated rings. The van der Waals surface area contributed by atoms with Crippen molar-refractivity contribution in [3.05, 3.63) is 76.4 Å². The van der Waals surface area contributed by atoms with Crippen LogP contribution in [-0.4, -0.2) is 31.2 Å². The lowest BCUT2D eigenvalue weighted by atomic mass is 9.84. The molecule has 0 atom stereocenters. The highest BCUT2D eigenvalue weighted by Gasteiger charge is 2.34. The van der Waals surface area contributed by atoms with Gasteiger partial charge in [-0.25, -0.2) is 0 Å². The molecule has 38 heavy (non-hydrogen) atoms. The first-order valence-corrected chi connectivity index (χ1v) is 15.7. The molecule has 1 N–H and O–H groups in total. The number of aliphatic hydroxyl groups is 1. The molecule has 2 aromatic carbocycles. The van der Waals surface area contributed by atoms with E-state index < -0.39 is 11.2 Å². The van der Waals surface area contributed by atoms with E-state index in [1.165, 1.54) is 33.4 Å². The van der Waals surface area contributed by atoms with Crippen molar-refractivity contribution < 1.29 is 14.0 Å². The van der Waals surface area contributed by atoms with Gasteiger partial charge in [-0.1, -0.05) is 97.0 Å². The Morgan fingerprint density at radius 3 is 1.76 bits per heavy atom. The maximum Gasteiger partial charge on any atom is 0.236 e. The van der Waals surface area contributed by atoms with Crippen LogP contribution in [0.2, 0.25) is 10.1 Å². The molecule has 208 valence electrons. The maximum absolute atomic E-state index is 9.38. The van der Waals surface area contributed by atoms with Gasteiger partial charge in [-0.15, -0.1) is 0 Å². The van der Waals surface area contributed by atoms with Gasteiger partial charge < -0.3 is 14.0 Å². The first-order valence-electron chi connectivity index (χ1n) is 13.9. The fourth-order valence-electron chi connectivity index (χ4n) is 4.23. The van der Waals surface area contributed by atoms with Crippen molar-refractivity contribution in [2.45, 2.75) is 117 Å². The molecule has 0 amide bonds. The van der Waals surface area contributed by atoms with Crippen LogP contribution in [0.1, 0.15) is 110 Å². The monoisotopic (exact) mass is 550 g/mol. The molecule has 0 aliphatic rings. The summed E-state index contributed by atoms with van der Waals surface area (Å²) < 4.78 is 13.2. The molecule has 4 radical (unpaired) electrons. The molecule has 0 bridgehead atoms. The number of hydrogen-bond donors (Lipinski definition) is 1. The van der Waals surface area contributed by atoms with Crippen molar-refractivity contribution in [1.82, 2.24) is 0 Å². The van der Waals surface area contributed by atoms with Crippen LogP contribution >= 0.6 is 0 Å². The molecular formula is C33H50O3Si2. The minimum Gasteiger partial charge on any atom is -0.408 e. The highest BCUT2D eigenvalue weighted by atomic mass is 28.2. The highest BCUT2D eigenvalue weighted by Crippen LogP contribution is 2.39. The summed E-state index contributed by atoms with van der Waals surface area (Å²) in [5, 5.41) is 9.62. The van der Waals surface area contributed by atoms with E-state index in [0.717, 1.165) is 19.3 Å². The summed E-state index contributed by atoms with van der Waals surface area (Å²) in [6.45, 7) is 24.3. The van der Waals surface area contributed by atoms with Crippen molar-refractivity contribution >= 4 is 25.1 Å². The van der Waals surface area contributed by atoms with Crippen LogP contribution in [0, 0.1) is 0 Å². The van der Waals surface area contributed by atoms with Crippen LogP contribution in [0.25, 0.3) is 5.57 Å². The number of allylic oxidation sites excluding steroid dienone is 1. The molecule has 0 heterocycles. The number of rotatable bonds is 12. The lowest BCUT2D eigenvalue weighted by Gasteiger charge is -2.37. The van der Waals surface area contributed by atoms with Gasteiger partial charge in [0.2, 0.25) is 19.5 Å². The van der Waals surface area contributed by atoms with E-state index >= 15 is 0 Å². The van der Waals surface area contributed by atoms with Crippen molar-refractivity contribution in [3.8, 4) is 0 Å². The lowest BCUT2D eigenvalue weighted by Crippen LogP contribution is -2.34. The summed E-state index contributed by atoms with van der Waals surface area (Å²) in [5.41, 5.74) is 6.56. The minimum atomic E-state index is -0.437. The summed E-state index contributed by atoms with van der Waals surface area (Å²) >= 11 is 0. The third-order valence-corrected chi connectivity index (χ3v) is 8.77. The van der Waals surface area contributed by atoms with E-state index in [-0.39, 0.29) is 16.7 Å². The first kappa shape index (κ1) is 32.7. The molecule has 5 heteroatoms. The average Bonchev–Trinajstić information content (AvgIpc) is 2.83. The summed E-state index contributed by atoms with van der Waals surface area (Å²) in [7, 11) is 0.804. The van der Waals surface area contributed by atoms with Gasteiger partial charge in [0, 0.05) is 0 Å². The molecule has 0 aromatic heterocycles. The van der Waals surface area contributed by atoms with Gasteiger partial charge in [-0.3, -0.25) is 0 Å². The van der Waals surface area contributed by atoms with Gasteiger partial charge in [0.05, 0.1) is 17.8 Å². The van der Waals surface area contributed by atoms with E-state index in [1.54, 1.807) is 0 Å². The number of aliphatic hydroxyl groups excluding tert-OH is 1. The Morgan fingerprint density at radius 2 is 1.26 bits per heavy atom. The number of aryl methyl sites for hydroxylation is 2. The van der Waals surface area contributed by atoms with Crippen LogP contribution < -0.4 is 0 Å². The predicted octanol–water partition coefficient (Wildman–Crippen LogP) is 8.44. The predicted molar refractivity (Wildman–Crippen MR) is 165 cm³/mol. The average molecular weight is 551 g/mol. The fourth-order valence-corrected chi connectivity index (χ4v) is 5.58. The van der Waals surface area contributed by atoms with Gasteiger partial charge >= 0.3 is 0 Å². The first-order chi connectivity index (χ1) is 17.5. The van der Waals surface area contributed by atoms with Crippen LogP contribution in [-0.2, 0) is 32.9 Å². The Bertz CT molecular complexity index is 1070. The van der Waals surface area contributed by atoms with Gasteiger partial charge in [-0.2, -0.15) is 0 Å².